The fourth-order valence-corrected chi connectivity index (χ4v) is 2.34. The van der Waals surface area contributed by atoms with Gasteiger partial charge in [0, 0.05) is 0 Å². The fraction of sp³-hybridized carbons (Fsp3) is 0.579. The van der Waals surface area contributed by atoms with Gasteiger partial charge in [0.05, 0.1) is 0 Å². The summed E-state index contributed by atoms with van der Waals surface area (Å²) in [6.45, 7) is 6.53. The predicted octanol–water partition coefficient (Wildman–Crippen LogP) is 6.23. The van der Waals surface area contributed by atoms with Gasteiger partial charge in [-0.1, -0.05) is 55.0 Å². The van der Waals surface area contributed by atoms with Crippen molar-refractivity contribution in [2.45, 2.75) is 59.3 Å². The molecule has 0 spiro atoms. The van der Waals surface area contributed by atoms with Crippen LogP contribution in [0.1, 0.15) is 59.3 Å². The van der Waals surface area contributed by atoms with Crippen molar-refractivity contribution in [1.82, 2.24) is 0 Å². The Morgan fingerprint density at radius 2 is 1.79 bits per heavy atom. The lowest BCUT2D eigenvalue weighted by Gasteiger charge is -1.97. The molecule has 0 aromatic heterocycles. The van der Waals surface area contributed by atoms with Crippen molar-refractivity contribution in [2.24, 2.45) is 11.8 Å². The molecule has 0 aromatic carbocycles. The summed E-state index contributed by atoms with van der Waals surface area (Å²) in [5.41, 5.74) is 1.52. The zero-order valence-electron chi connectivity index (χ0n) is 12.9. The van der Waals surface area contributed by atoms with E-state index in [0.29, 0.717) is 0 Å². The number of hydrogen-bond donors (Lipinski definition) is 0. The van der Waals surface area contributed by atoms with Crippen LogP contribution in [0.5, 0.6) is 0 Å². The Hall–Kier alpha value is -1.04. The molecule has 0 N–H and O–H groups in total. The summed E-state index contributed by atoms with van der Waals surface area (Å²) in [4.78, 5) is 0. The van der Waals surface area contributed by atoms with E-state index in [1.165, 1.54) is 31.3 Å². The predicted molar refractivity (Wildman–Crippen MR) is 87.2 cm³/mol. The molecule has 0 heterocycles. The van der Waals surface area contributed by atoms with Crippen molar-refractivity contribution in [3.05, 3.63) is 48.1 Å². The van der Waals surface area contributed by atoms with E-state index in [1.807, 2.05) is 0 Å². The van der Waals surface area contributed by atoms with E-state index in [0.717, 1.165) is 24.7 Å². The average Bonchev–Trinajstić information content (AvgIpc) is 3.15. The van der Waals surface area contributed by atoms with Crippen LogP contribution in [0.3, 0.4) is 0 Å². The average molecular weight is 258 g/mol. The van der Waals surface area contributed by atoms with E-state index in [-0.39, 0.29) is 0 Å². The summed E-state index contributed by atoms with van der Waals surface area (Å²) >= 11 is 0. The van der Waals surface area contributed by atoms with Crippen LogP contribution in [0, 0.1) is 11.8 Å². The van der Waals surface area contributed by atoms with Crippen LogP contribution in [0.15, 0.2) is 48.1 Å². The first-order valence-electron chi connectivity index (χ1n) is 7.84. The second-order valence-electron chi connectivity index (χ2n) is 5.64. The largest absolute Gasteiger partial charge is 0.0914 e. The molecule has 0 aliphatic heterocycles. The topological polar surface area (TPSA) is 0 Å². The third kappa shape index (κ3) is 7.87. The minimum absolute atomic E-state index is 0.962. The summed E-state index contributed by atoms with van der Waals surface area (Å²) in [6, 6.07) is 0. The van der Waals surface area contributed by atoms with Gasteiger partial charge in [-0.25, -0.2) is 0 Å². The Morgan fingerprint density at radius 3 is 2.53 bits per heavy atom. The molecule has 2 atom stereocenters. The molecule has 106 valence electrons. The number of hydrogen-bond acceptors (Lipinski definition) is 0. The van der Waals surface area contributed by atoms with Gasteiger partial charge < -0.3 is 0 Å². The Kier molecular flexibility index (Phi) is 8.29. The maximum atomic E-state index is 2.45. The van der Waals surface area contributed by atoms with Crippen LogP contribution in [-0.4, -0.2) is 0 Å². The molecular formula is C19H30. The zero-order chi connectivity index (χ0) is 13.9. The Balaban J connectivity index is 2.12. The van der Waals surface area contributed by atoms with Gasteiger partial charge in [-0.15, -0.1) is 0 Å². The van der Waals surface area contributed by atoms with Crippen LogP contribution in [0.25, 0.3) is 0 Å². The quantitative estimate of drug-likeness (QED) is 0.430. The lowest BCUT2D eigenvalue weighted by atomic mass is 10.1. The van der Waals surface area contributed by atoms with Gasteiger partial charge in [0.2, 0.25) is 0 Å². The molecule has 0 heteroatoms. The van der Waals surface area contributed by atoms with E-state index in [4.69, 9.17) is 0 Å². The lowest BCUT2D eigenvalue weighted by Crippen LogP contribution is -1.81. The summed E-state index contributed by atoms with van der Waals surface area (Å²) < 4.78 is 0. The van der Waals surface area contributed by atoms with Gasteiger partial charge in [0.1, 0.15) is 0 Å². The van der Waals surface area contributed by atoms with Gasteiger partial charge >= 0.3 is 0 Å². The summed E-state index contributed by atoms with van der Waals surface area (Å²) in [7, 11) is 0. The molecule has 0 aromatic rings. The van der Waals surface area contributed by atoms with Crippen LogP contribution in [0.2, 0.25) is 0 Å². The molecule has 1 fully saturated rings. The molecule has 1 aliphatic rings. The standard InChI is InChI=1S/C19H30/c1-4-6-8-9-11-12-17(3)14-15-19-16-18(19)13-10-7-5-2/h4,6-7,9-11,14,18-19H,5,8,12-13,15-16H2,1-3H3. The first-order chi connectivity index (χ1) is 9.27. The molecule has 1 rings (SSSR count). The van der Waals surface area contributed by atoms with E-state index >= 15 is 0 Å². The second-order valence-corrected chi connectivity index (χ2v) is 5.64. The maximum Gasteiger partial charge on any atom is -0.0141 e. The van der Waals surface area contributed by atoms with Gasteiger partial charge in [-0.3, -0.25) is 0 Å². The van der Waals surface area contributed by atoms with Crippen molar-refractivity contribution in [2.75, 3.05) is 0 Å². The van der Waals surface area contributed by atoms with Gasteiger partial charge in [-0.05, 0) is 64.2 Å². The maximum absolute atomic E-state index is 2.45. The summed E-state index contributed by atoms with van der Waals surface area (Å²) in [6.07, 6.45) is 23.3. The zero-order valence-corrected chi connectivity index (χ0v) is 12.9. The summed E-state index contributed by atoms with van der Waals surface area (Å²) in [5.74, 6) is 1.93. The minimum Gasteiger partial charge on any atom is -0.0914 e. The second kappa shape index (κ2) is 9.83. The third-order valence-corrected chi connectivity index (χ3v) is 3.79. The van der Waals surface area contributed by atoms with E-state index in [1.54, 1.807) is 0 Å². The molecule has 0 amide bonds. The molecular weight excluding hydrogens is 228 g/mol. The molecule has 2 unspecified atom stereocenters. The van der Waals surface area contributed by atoms with E-state index < -0.39 is 0 Å². The monoisotopic (exact) mass is 258 g/mol. The first-order valence-corrected chi connectivity index (χ1v) is 7.84. The van der Waals surface area contributed by atoms with Crippen molar-refractivity contribution in [3.8, 4) is 0 Å². The molecule has 0 radical (unpaired) electrons. The highest BCUT2D eigenvalue weighted by Gasteiger charge is 2.34. The molecule has 19 heavy (non-hydrogen) atoms. The van der Waals surface area contributed by atoms with Crippen LogP contribution in [0.4, 0.5) is 0 Å². The molecule has 0 bridgehead atoms. The van der Waals surface area contributed by atoms with Gasteiger partial charge in [0.25, 0.3) is 0 Å². The summed E-state index contributed by atoms with van der Waals surface area (Å²) in [5, 5.41) is 0. The van der Waals surface area contributed by atoms with Crippen molar-refractivity contribution in [1.29, 1.82) is 0 Å². The molecule has 0 saturated heterocycles. The van der Waals surface area contributed by atoms with Crippen molar-refractivity contribution in [3.63, 3.8) is 0 Å². The SMILES string of the molecule is CC=CCC=CCC(C)=CCC1CC1CC=CCC. The molecule has 0 nitrogen and oxygen atoms in total. The van der Waals surface area contributed by atoms with Gasteiger partial charge in [-0.2, -0.15) is 0 Å². The van der Waals surface area contributed by atoms with Crippen molar-refractivity contribution < 1.29 is 0 Å². The lowest BCUT2D eigenvalue weighted by molar-refractivity contribution is 0.715. The number of allylic oxidation sites excluding steroid dienone is 8. The van der Waals surface area contributed by atoms with Crippen LogP contribution < -0.4 is 0 Å². The molecule has 1 aliphatic carbocycles. The molecule has 1 saturated carbocycles. The van der Waals surface area contributed by atoms with Crippen LogP contribution >= 0.6 is 0 Å². The highest BCUT2D eigenvalue weighted by atomic mass is 14.4. The smallest absolute Gasteiger partial charge is 0.0141 e. The highest BCUT2D eigenvalue weighted by molar-refractivity contribution is 5.08. The Labute approximate surface area is 120 Å². The van der Waals surface area contributed by atoms with E-state index in [9.17, 15) is 0 Å². The van der Waals surface area contributed by atoms with Crippen LogP contribution in [-0.2, 0) is 0 Å². The van der Waals surface area contributed by atoms with E-state index in [2.05, 4.69) is 63.3 Å². The Morgan fingerprint density at radius 1 is 1.00 bits per heavy atom. The third-order valence-electron chi connectivity index (χ3n) is 3.79. The first kappa shape index (κ1) is 16.0. The highest BCUT2D eigenvalue weighted by Crippen LogP contribution is 2.44. The fourth-order valence-electron chi connectivity index (χ4n) is 2.34. The Bertz CT molecular complexity index is 341. The van der Waals surface area contributed by atoms with Gasteiger partial charge in [0.15, 0.2) is 0 Å². The normalized spacial score (nSPS) is 24.1. The minimum atomic E-state index is 0.962. The van der Waals surface area contributed by atoms with Crippen molar-refractivity contribution >= 4 is 0 Å². The number of rotatable bonds is 9.